The molecular weight excluding hydrogens is 558 g/mol. The van der Waals surface area contributed by atoms with Crippen molar-refractivity contribution >= 4 is 24.9 Å². The highest BCUT2D eigenvalue weighted by atomic mass is 28.3. The fraction of sp³-hybridized carbons (Fsp3) is 0.464. The summed E-state index contributed by atoms with van der Waals surface area (Å²) in [6, 6.07) is 6.98. The average molecular weight is 591 g/mol. The third kappa shape index (κ3) is 6.30. The van der Waals surface area contributed by atoms with E-state index in [9.17, 15) is 19.3 Å². The summed E-state index contributed by atoms with van der Waals surface area (Å²) in [6.45, 7) is 9.12. The van der Waals surface area contributed by atoms with Crippen LogP contribution < -0.4 is 4.90 Å². The van der Waals surface area contributed by atoms with Crippen LogP contribution in [0.15, 0.2) is 37.2 Å². The molecule has 0 bridgehead atoms. The van der Waals surface area contributed by atoms with E-state index in [0.29, 0.717) is 32.8 Å². The number of aromatic nitrogens is 7. The second-order valence-electron chi connectivity index (χ2n) is 11.6. The van der Waals surface area contributed by atoms with Gasteiger partial charge in [-0.05, 0) is 18.5 Å². The fourth-order valence-electron chi connectivity index (χ4n) is 5.19. The van der Waals surface area contributed by atoms with Crippen LogP contribution in [-0.4, -0.2) is 62.1 Å². The van der Waals surface area contributed by atoms with Gasteiger partial charge in [0.2, 0.25) is 0 Å². The van der Waals surface area contributed by atoms with Crippen molar-refractivity contribution in [2.45, 2.75) is 57.7 Å². The Hall–Kier alpha value is -4.27. The standard InChI is InChI=1S/C28H32F2N10OSi/c1-42(2,3)11-10-41-18-39-9-6-21-25(34-17-35-27(21)39)20-13-36-40(16-20)24(4-7-31)19-5-8-38(15-19)28-22(12-32)37-23(14-33-28)26(29)30/h6,9,13-14,16-17,19,24,26H,4-5,8,10-11,15,18H2,1-3H3/t19?,24-/m0/s1. The van der Waals surface area contributed by atoms with E-state index < -0.39 is 20.2 Å². The number of anilines is 1. The maximum Gasteiger partial charge on any atom is 0.281 e. The Bertz CT molecular complexity index is 1630. The minimum absolute atomic E-state index is 0.0142. The Balaban J connectivity index is 1.33. The molecule has 42 heavy (non-hydrogen) atoms. The summed E-state index contributed by atoms with van der Waals surface area (Å²) in [6.07, 6.45) is 6.25. The van der Waals surface area contributed by atoms with Crippen molar-refractivity contribution in [2.75, 3.05) is 24.6 Å². The lowest BCUT2D eigenvalue weighted by molar-refractivity contribution is 0.0899. The van der Waals surface area contributed by atoms with Gasteiger partial charge in [-0.25, -0.2) is 28.7 Å². The molecule has 0 spiro atoms. The minimum atomic E-state index is -2.80. The molecule has 5 rings (SSSR count). The van der Waals surface area contributed by atoms with Crippen molar-refractivity contribution in [1.29, 1.82) is 10.5 Å². The quantitative estimate of drug-likeness (QED) is 0.171. The van der Waals surface area contributed by atoms with Crippen molar-refractivity contribution in [3.8, 4) is 23.4 Å². The molecule has 2 atom stereocenters. The monoisotopic (exact) mass is 590 g/mol. The van der Waals surface area contributed by atoms with Gasteiger partial charge in [-0.15, -0.1) is 0 Å². The van der Waals surface area contributed by atoms with E-state index in [1.807, 2.05) is 34.0 Å². The lowest BCUT2D eigenvalue weighted by Gasteiger charge is -2.23. The molecule has 1 saturated heterocycles. The zero-order chi connectivity index (χ0) is 29.9. The molecule has 4 aromatic heterocycles. The summed E-state index contributed by atoms with van der Waals surface area (Å²) < 4.78 is 35.8. The number of hydrogen-bond acceptors (Lipinski definition) is 9. The molecule has 0 aliphatic carbocycles. The molecule has 1 aliphatic heterocycles. The van der Waals surface area contributed by atoms with E-state index >= 15 is 0 Å². The lowest BCUT2D eigenvalue weighted by atomic mass is 9.96. The molecule has 5 heterocycles. The minimum Gasteiger partial charge on any atom is -0.361 e. The first-order valence-electron chi connectivity index (χ1n) is 13.8. The zero-order valence-electron chi connectivity index (χ0n) is 23.8. The first-order chi connectivity index (χ1) is 20.2. The van der Waals surface area contributed by atoms with Crippen LogP contribution in [0.3, 0.4) is 0 Å². The lowest BCUT2D eigenvalue weighted by Crippen LogP contribution is -2.26. The molecule has 0 aromatic carbocycles. The number of alkyl halides is 2. The van der Waals surface area contributed by atoms with Crippen molar-refractivity contribution in [1.82, 2.24) is 34.3 Å². The number of ether oxygens (including phenoxy) is 1. The molecule has 0 radical (unpaired) electrons. The van der Waals surface area contributed by atoms with Gasteiger partial charge in [0.25, 0.3) is 6.43 Å². The van der Waals surface area contributed by atoms with Gasteiger partial charge in [-0.2, -0.15) is 15.6 Å². The summed E-state index contributed by atoms with van der Waals surface area (Å²) in [5.41, 5.74) is 1.66. The predicted molar refractivity (Wildman–Crippen MR) is 154 cm³/mol. The van der Waals surface area contributed by atoms with Crippen LogP contribution in [0.4, 0.5) is 14.6 Å². The molecule has 14 heteroatoms. The molecule has 11 nitrogen and oxygen atoms in total. The first-order valence-corrected chi connectivity index (χ1v) is 17.5. The van der Waals surface area contributed by atoms with E-state index in [1.54, 1.807) is 10.9 Å². The Morgan fingerprint density at radius 2 is 2.00 bits per heavy atom. The number of halogens is 2. The largest absolute Gasteiger partial charge is 0.361 e. The van der Waals surface area contributed by atoms with Crippen molar-refractivity contribution < 1.29 is 13.5 Å². The van der Waals surface area contributed by atoms with E-state index in [4.69, 9.17) is 4.74 Å². The molecule has 1 fully saturated rings. The maximum absolute atomic E-state index is 13.1. The first kappa shape index (κ1) is 29.2. The number of nitriles is 2. The van der Waals surface area contributed by atoms with Gasteiger partial charge >= 0.3 is 0 Å². The van der Waals surface area contributed by atoms with Gasteiger partial charge in [0, 0.05) is 57.0 Å². The van der Waals surface area contributed by atoms with Gasteiger partial charge in [-0.3, -0.25) is 4.68 Å². The van der Waals surface area contributed by atoms with E-state index in [-0.39, 0.29) is 29.9 Å². The fourth-order valence-corrected chi connectivity index (χ4v) is 5.95. The van der Waals surface area contributed by atoms with Crippen LogP contribution in [0.25, 0.3) is 22.3 Å². The van der Waals surface area contributed by atoms with Crippen LogP contribution in [0, 0.1) is 28.6 Å². The van der Waals surface area contributed by atoms with Crippen LogP contribution in [0.5, 0.6) is 0 Å². The van der Waals surface area contributed by atoms with Crippen molar-refractivity contribution in [2.24, 2.45) is 5.92 Å². The number of hydrogen-bond donors (Lipinski definition) is 0. The summed E-state index contributed by atoms with van der Waals surface area (Å²) in [4.78, 5) is 18.8. The maximum atomic E-state index is 13.1. The predicted octanol–water partition coefficient (Wildman–Crippen LogP) is 5.19. The Morgan fingerprint density at radius 1 is 1.17 bits per heavy atom. The highest BCUT2D eigenvalue weighted by molar-refractivity contribution is 6.76. The zero-order valence-corrected chi connectivity index (χ0v) is 24.8. The third-order valence-corrected chi connectivity index (χ3v) is 9.17. The van der Waals surface area contributed by atoms with Crippen LogP contribution >= 0.6 is 0 Å². The average Bonchev–Trinajstić information content (AvgIpc) is 3.73. The van der Waals surface area contributed by atoms with Gasteiger partial charge in [0.1, 0.15) is 30.5 Å². The third-order valence-electron chi connectivity index (χ3n) is 7.47. The van der Waals surface area contributed by atoms with Crippen molar-refractivity contribution in [3.63, 3.8) is 0 Å². The van der Waals surface area contributed by atoms with E-state index in [0.717, 1.165) is 34.5 Å². The Kier molecular flexibility index (Phi) is 8.56. The van der Waals surface area contributed by atoms with Crippen molar-refractivity contribution in [3.05, 3.63) is 48.6 Å². The molecule has 218 valence electrons. The summed E-state index contributed by atoms with van der Waals surface area (Å²) in [5.74, 6) is 0.291. The van der Waals surface area contributed by atoms with E-state index in [2.05, 4.69) is 50.7 Å². The van der Waals surface area contributed by atoms with Crippen LogP contribution in [-0.2, 0) is 11.5 Å². The van der Waals surface area contributed by atoms with Gasteiger partial charge < -0.3 is 14.2 Å². The van der Waals surface area contributed by atoms with Gasteiger partial charge in [-0.1, -0.05) is 19.6 Å². The SMILES string of the molecule is C[Si](C)(C)CCOCn1ccc2c(-c3cnn([C@@H](CC#N)C4CCN(c5ncc(C(F)F)nc5C#N)C4)c3)ncnc21. The Morgan fingerprint density at radius 3 is 2.74 bits per heavy atom. The smallest absolute Gasteiger partial charge is 0.281 e. The molecule has 4 aromatic rings. The topological polar surface area (TPSA) is 134 Å². The van der Waals surface area contributed by atoms with Crippen LogP contribution in [0.2, 0.25) is 25.7 Å². The molecule has 1 aliphatic rings. The summed E-state index contributed by atoms with van der Waals surface area (Å²) >= 11 is 0. The summed E-state index contributed by atoms with van der Waals surface area (Å²) in [5, 5.41) is 24.6. The highest BCUT2D eigenvalue weighted by Gasteiger charge is 2.33. The van der Waals surface area contributed by atoms with Gasteiger partial charge in [0.15, 0.2) is 11.5 Å². The molecular formula is C28H32F2N10OSi. The molecule has 1 unspecified atom stereocenters. The highest BCUT2D eigenvalue weighted by Crippen LogP contribution is 2.35. The number of nitrogens with zero attached hydrogens (tertiary/aromatic N) is 10. The normalized spacial score (nSPS) is 16.2. The second-order valence-corrected chi connectivity index (χ2v) is 17.2. The molecule has 0 amide bonds. The summed E-state index contributed by atoms with van der Waals surface area (Å²) in [7, 11) is -1.18. The van der Waals surface area contributed by atoms with Crippen LogP contribution in [0.1, 0.15) is 36.7 Å². The number of rotatable bonds is 11. The van der Waals surface area contributed by atoms with E-state index in [1.165, 1.54) is 6.33 Å². The number of fused-ring (bicyclic) bond motifs is 1. The Labute approximate surface area is 243 Å². The molecule has 0 saturated carbocycles. The van der Waals surface area contributed by atoms with Gasteiger partial charge in [0.05, 0.1) is 36.6 Å². The molecule has 0 N–H and O–H groups in total. The second kappa shape index (κ2) is 12.3.